The lowest BCUT2D eigenvalue weighted by Crippen LogP contribution is -2.28. The summed E-state index contributed by atoms with van der Waals surface area (Å²) in [6, 6.07) is 11.8. The zero-order valence-electron chi connectivity index (χ0n) is 15.6. The molecule has 0 fully saturated rings. The molecule has 2 aromatic heterocycles. The monoisotopic (exact) mass is 369 g/mol. The van der Waals surface area contributed by atoms with Gasteiger partial charge in [0.05, 0.1) is 22.0 Å². The molecule has 1 N–H and O–H groups in total. The first-order chi connectivity index (χ1) is 12.7. The molecular formula is C21H27N3OS. The minimum Gasteiger partial charge on any atom is -0.342 e. The summed E-state index contributed by atoms with van der Waals surface area (Å²) < 4.78 is 2.28. The minimum absolute atomic E-state index is 0.0333. The van der Waals surface area contributed by atoms with Gasteiger partial charge in [-0.1, -0.05) is 50.8 Å². The second-order valence-corrected chi connectivity index (χ2v) is 7.64. The standard InChI is InChI=1S/C21H27N3OS/c1-3-4-5-6-9-14-24-18-12-8-7-11-17(18)23-20(24)16(2)22-21(25)19-13-10-15-26-19/h7-8,10-13,15-16H,3-6,9,14H2,1-2H3,(H,22,25). The molecule has 1 amide bonds. The Kier molecular flexibility index (Phi) is 6.45. The van der Waals surface area contributed by atoms with Gasteiger partial charge in [0, 0.05) is 6.54 Å². The van der Waals surface area contributed by atoms with Crippen LogP contribution in [0.25, 0.3) is 11.0 Å². The number of benzene rings is 1. The molecule has 3 aromatic rings. The van der Waals surface area contributed by atoms with Crippen molar-refractivity contribution in [3.8, 4) is 0 Å². The van der Waals surface area contributed by atoms with E-state index in [1.807, 2.05) is 36.6 Å². The highest BCUT2D eigenvalue weighted by atomic mass is 32.1. The molecule has 0 aliphatic rings. The Bertz CT molecular complexity index is 838. The number of hydrogen-bond donors (Lipinski definition) is 1. The van der Waals surface area contributed by atoms with Gasteiger partial charge in [0.15, 0.2) is 0 Å². The summed E-state index contributed by atoms with van der Waals surface area (Å²) in [6.07, 6.45) is 6.20. The third-order valence-corrected chi connectivity index (χ3v) is 5.52. The Morgan fingerprint density at radius 1 is 1.15 bits per heavy atom. The molecule has 26 heavy (non-hydrogen) atoms. The normalized spacial score (nSPS) is 12.4. The van der Waals surface area contributed by atoms with Gasteiger partial charge in [-0.25, -0.2) is 4.98 Å². The smallest absolute Gasteiger partial charge is 0.261 e. The maximum Gasteiger partial charge on any atom is 0.261 e. The third-order valence-electron chi connectivity index (χ3n) is 4.65. The van der Waals surface area contributed by atoms with Gasteiger partial charge >= 0.3 is 0 Å². The van der Waals surface area contributed by atoms with E-state index in [1.165, 1.54) is 37.0 Å². The highest BCUT2D eigenvalue weighted by Gasteiger charge is 2.19. The van der Waals surface area contributed by atoms with Crippen LogP contribution >= 0.6 is 11.3 Å². The van der Waals surface area contributed by atoms with Crippen molar-refractivity contribution >= 4 is 28.3 Å². The Balaban J connectivity index is 1.77. The van der Waals surface area contributed by atoms with Crippen LogP contribution in [0.1, 0.15) is 67.5 Å². The van der Waals surface area contributed by atoms with Crippen LogP contribution in [0.5, 0.6) is 0 Å². The summed E-state index contributed by atoms with van der Waals surface area (Å²) in [6.45, 7) is 5.19. The minimum atomic E-state index is -0.132. The SMILES string of the molecule is CCCCCCCn1c(C(C)NC(=O)c2cccs2)nc2ccccc21. The van der Waals surface area contributed by atoms with Crippen LogP contribution in [0, 0.1) is 0 Å². The Labute approximate surface area is 159 Å². The number of thiophene rings is 1. The second-order valence-electron chi connectivity index (χ2n) is 6.70. The van der Waals surface area contributed by atoms with E-state index >= 15 is 0 Å². The number of carbonyl (C=O) groups excluding carboxylic acids is 1. The number of nitrogens with zero attached hydrogens (tertiary/aromatic N) is 2. The largest absolute Gasteiger partial charge is 0.342 e. The number of para-hydroxylation sites is 2. The maximum atomic E-state index is 12.4. The molecule has 0 saturated heterocycles. The van der Waals surface area contributed by atoms with E-state index in [2.05, 4.69) is 28.9 Å². The molecule has 0 aliphatic heterocycles. The van der Waals surface area contributed by atoms with Crippen molar-refractivity contribution in [1.82, 2.24) is 14.9 Å². The van der Waals surface area contributed by atoms with Crippen LogP contribution in [-0.4, -0.2) is 15.5 Å². The highest BCUT2D eigenvalue weighted by Crippen LogP contribution is 2.22. The third kappa shape index (κ3) is 4.33. The highest BCUT2D eigenvalue weighted by molar-refractivity contribution is 7.12. The zero-order valence-corrected chi connectivity index (χ0v) is 16.4. The van der Waals surface area contributed by atoms with Crippen molar-refractivity contribution in [2.75, 3.05) is 0 Å². The van der Waals surface area contributed by atoms with Crippen molar-refractivity contribution in [3.63, 3.8) is 0 Å². The van der Waals surface area contributed by atoms with Gasteiger partial charge in [-0.05, 0) is 36.9 Å². The van der Waals surface area contributed by atoms with Crippen LogP contribution in [0.2, 0.25) is 0 Å². The predicted octanol–water partition coefficient (Wildman–Crippen LogP) is 5.56. The number of carbonyl (C=O) groups is 1. The van der Waals surface area contributed by atoms with E-state index < -0.39 is 0 Å². The molecule has 0 saturated carbocycles. The van der Waals surface area contributed by atoms with Gasteiger partial charge in [0.2, 0.25) is 0 Å². The number of amides is 1. The van der Waals surface area contributed by atoms with Crippen molar-refractivity contribution < 1.29 is 4.79 Å². The van der Waals surface area contributed by atoms with E-state index in [0.717, 1.165) is 34.7 Å². The summed E-state index contributed by atoms with van der Waals surface area (Å²) in [5.41, 5.74) is 2.14. The summed E-state index contributed by atoms with van der Waals surface area (Å²) in [7, 11) is 0. The van der Waals surface area contributed by atoms with Gasteiger partial charge in [0.1, 0.15) is 5.82 Å². The first kappa shape index (κ1) is 18.6. The number of imidazole rings is 1. The summed E-state index contributed by atoms with van der Waals surface area (Å²) >= 11 is 1.46. The summed E-state index contributed by atoms with van der Waals surface area (Å²) in [5.74, 6) is 0.903. The van der Waals surface area contributed by atoms with Crippen LogP contribution in [0.15, 0.2) is 41.8 Å². The van der Waals surface area contributed by atoms with Crippen LogP contribution < -0.4 is 5.32 Å². The topological polar surface area (TPSA) is 46.9 Å². The van der Waals surface area contributed by atoms with Gasteiger partial charge < -0.3 is 9.88 Å². The molecule has 138 valence electrons. The first-order valence-corrected chi connectivity index (χ1v) is 10.4. The number of unbranched alkanes of at least 4 members (excludes halogenated alkanes) is 4. The number of rotatable bonds is 9. The molecule has 2 heterocycles. The van der Waals surface area contributed by atoms with E-state index in [0.29, 0.717) is 0 Å². The maximum absolute atomic E-state index is 12.4. The molecule has 0 aliphatic carbocycles. The van der Waals surface area contributed by atoms with E-state index in [-0.39, 0.29) is 11.9 Å². The Hall–Kier alpha value is -2.14. The Morgan fingerprint density at radius 3 is 2.73 bits per heavy atom. The fourth-order valence-electron chi connectivity index (χ4n) is 3.27. The van der Waals surface area contributed by atoms with E-state index in [9.17, 15) is 4.79 Å². The first-order valence-electron chi connectivity index (χ1n) is 9.50. The summed E-state index contributed by atoms with van der Waals surface area (Å²) in [5, 5.41) is 5.02. The molecule has 0 bridgehead atoms. The number of aromatic nitrogens is 2. The number of hydrogen-bond acceptors (Lipinski definition) is 3. The number of nitrogens with one attached hydrogen (secondary N) is 1. The molecule has 5 heteroatoms. The van der Waals surface area contributed by atoms with Gasteiger partial charge in [-0.2, -0.15) is 0 Å². The average molecular weight is 370 g/mol. The molecule has 0 radical (unpaired) electrons. The quantitative estimate of drug-likeness (QED) is 0.502. The molecular weight excluding hydrogens is 342 g/mol. The zero-order chi connectivity index (χ0) is 18.4. The van der Waals surface area contributed by atoms with E-state index in [4.69, 9.17) is 4.98 Å². The van der Waals surface area contributed by atoms with Gasteiger partial charge in [0.25, 0.3) is 5.91 Å². The average Bonchev–Trinajstić information content (AvgIpc) is 3.30. The molecule has 4 nitrogen and oxygen atoms in total. The molecule has 1 aromatic carbocycles. The van der Waals surface area contributed by atoms with Crippen molar-refractivity contribution in [2.45, 2.75) is 58.5 Å². The van der Waals surface area contributed by atoms with Crippen LogP contribution in [-0.2, 0) is 6.54 Å². The molecule has 1 unspecified atom stereocenters. The fraction of sp³-hybridized carbons (Fsp3) is 0.429. The predicted molar refractivity (Wildman–Crippen MR) is 109 cm³/mol. The number of fused-ring (bicyclic) bond motifs is 1. The summed E-state index contributed by atoms with van der Waals surface area (Å²) in [4.78, 5) is 18.0. The van der Waals surface area contributed by atoms with Gasteiger partial charge in [-0.3, -0.25) is 4.79 Å². The van der Waals surface area contributed by atoms with Crippen molar-refractivity contribution in [2.24, 2.45) is 0 Å². The fourth-order valence-corrected chi connectivity index (χ4v) is 3.90. The van der Waals surface area contributed by atoms with E-state index in [1.54, 1.807) is 0 Å². The lowest BCUT2D eigenvalue weighted by atomic mass is 10.1. The van der Waals surface area contributed by atoms with Gasteiger partial charge in [-0.15, -0.1) is 11.3 Å². The molecule has 0 spiro atoms. The molecule has 3 rings (SSSR count). The lowest BCUT2D eigenvalue weighted by molar-refractivity contribution is 0.0942. The Morgan fingerprint density at radius 2 is 1.96 bits per heavy atom. The molecule has 1 atom stereocenters. The van der Waals surface area contributed by atoms with Crippen molar-refractivity contribution in [1.29, 1.82) is 0 Å². The number of aryl methyl sites for hydroxylation is 1. The van der Waals surface area contributed by atoms with Crippen molar-refractivity contribution in [3.05, 3.63) is 52.5 Å². The lowest BCUT2D eigenvalue weighted by Gasteiger charge is -2.16. The second kappa shape index (κ2) is 8.99. The van der Waals surface area contributed by atoms with Crippen LogP contribution in [0.4, 0.5) is 0 Å². The van der Waals surface area contributed by atoms with Crippen LogP contribution in [0.3, 0.4) is 0 Å².